The lowest BCUT2D eigenvalue weighted by atomic mass is 10.2. The zero-order valence-electron chi connectivity index (χ0n) is 12.5. The van der Waals surface area contributed by atoms with Crippen molar-refractivity contribution in [3.05, 3.63) is 42.2 Å². The number of amides is 1. The van der Waals surface area contributed by atoms with Gasteiger partial charge in [-0.2, -0.15) is 0 Å². The summed E-state index contributed by atoms with van der Waals surface area (Å²) in [7, 11) is 0. The van der Waals surface area contributed by atoms with E-state index in [-0.39, 0.29) is 18.6 Å². The number of carbonyl (C=O) groups is 1. The molecule has 1 aromatic carbocycles. The monoisotopic (exact) mass is 285 g/mol. The van der Waals surface area contributed by atoms with Crippen molar-refractivity contribution in [1.29, 1.82) is 0 Å². The van der Waals surface area contributed by atoms with E-state index >= 15 is 0 Å². The van der Waals surface area contributed by atoms with Crippen molar-refractivity contribution >= 4 is 5.91 Å². The SMILES string of the molecule is Cc1ccnc(-c2cccc(OCC(=O)NC(C)C)c2)n1. The summed E-state index contributed by atoms with van der Waals surface area (Å²) in [6.07, 6.45) is 1.72. The molecule has 1 heterocycles. The second kappa shape index (κ2) is 6.83. The highest BCUT2D eigenvalue weighted by atomic mass is 16.5. The average Bonchev–Trinajstić information content (AvgIpc) is 2.45. The Labute approximate surface area is 124 Å². The highest BCUT2D eigenvalue weighted by Gasteiger charge is 2.06. The summed E-state index contributed by atoms with van der Waals surface area (Å²) in [5.74, 6) is 1.13. The number of aryl methyl sites for hydroxylation is 1. The van der Waals surface area contributed by atoms with Crippen LogP contribution in [0.25, 0.3) is 11.4 Å². The van der Waals surface area contributed by atoms with Crippen LogP contribution in [0, 0.1) is 6.92 Å². The number of hydrogen-bond donors (Lipinski definition) is 1. The molecule has 1 amide bonds. The summed E-state index contributed by atoms with van der Waals surface area (Å²) in [6, 6.07) is 9.36. The Kier molecular flexibility index (Phi) is 4.87. The van der Waals surface area contributed by atoms with E-state index in [4.69, 9.17) is 4.74 Å². The summed E-state index contributed by atoms with van der Waals surface area (Å²) < 4.78 is 5.49. The largest absolute Gasteiger partial charge is 0.484 e. The molecule has 0 saturated heterocycles. The smallest absolute Gasteiger partial charge is 0.258 e. The van der Waals surface area contributed by atoms with Crippen LogP contribution in [0.1, 0.15) is 19.5 Å². The molecular formula is C16H19N3O2. The van der Waals surface area contributed by atoms with Gasteiger partial charge in [-0.3, -0.25) is 4.79 Å². The van der Waals surface area contributed by atoms with Crippen molar-refractivity contribution in [2.45, 2.75) is 26.8 Å². The standard InChI is InChI=1S/C16H19N3O2/c1-11(2)18-15(20)10-21-14-6-4-5-13(9-14)16-17-8-7-12(3)19-16/h4-9,11H,10H2,1-3H3,(H,18,20). The van der Waals surface area contributed by atoms with Gasteiger partial charge < -0.3 is 10.1 Å². The number of aromatic nitrogens is 2. The minimum atomic E-state index is -0.137. The van der Waals surface area contributed by atoms with Crippen LogP contribution in [0.3, 0.4) is 0 Å². The molecule has 0 atom stereocenters. The molecule has 21 heavy (non-hydrogen) atoms. The first-order valence-corrected chi connectivity index (χ1v) is 6.87. The average molecular weight is 285 g/mol. The van der Waals surface area contributed by atoms with Gasteiger partial charge in [-0.25, -0.2) is 9.97 Å². The predicted octanol–water partition coefficient (Wildman–Crippen LogP) is 2.36. The maximum atomic E-state index is 11.6. The number of carbonyl (C=O) groups excluding carboxylic acids is 1. The second-order valence-electron chi connectivity index (χ2n) is 5.06. The maximum Gasteiger partial charge on any atom is 0.258 e. The normalized spacial score (nSPS) is 10.5. The molecule has 0 aliphatic heterocycles. The molecule has 0 fully saturated rings. The molecule has 1 aromatic heterocycles. The van der Waals surface area contributed by atoms with E-state index < -0.39 is 0 Å². The third kappa shape index (κ3) is 4.56. The lowest BCUT2D eigenvalue weighted by Crippen LogP contribution is -2.34. The lowest BCUT2D eigenvalue weighted by Gasteiger charge is -2.10. The van der Waals surface area contributed by atoms with Gasteiger partial charge in [0.1, 0.15) is 5.75 Å². The van der Waals surface area contributed by atoms with Crippen LogP contribution in [-0.2, 0) is 4.79 Å². The van der Waals surface area contributed by atoms with Gasteiger partial charge >= 0.3 is 0 Å². The molecule has 5 heteroatoms. The van der Waals surface area contributed by atoms with Crippen LogP contribution in [0.2, 0.25) is 0 Å². The highest BCUT2D eigenvalue weighted by molar-refractivity contribution is 5.77. The molecule has 2 aromatic rings. The molecule has 0 radical (unpaired) electrons. The minimum Gasteiger partial charge on any atom is -0.484 e. The van der Waals surface area contributed by atoms with Crippen molar-refractivity contribution in [1.82, 2.24) is 15.3 Å². The van der Waals surface area contributed by atoms with Gasteiger partial charge in [0.25, 0.3) is 5.91 Å². The van der Waals surface area contributed by atoms with Crippen LogP contribution < -0.4 is 10.1 Å². The summed E-state index contributed by atoms with van der Waals surface area (Å²) in [6.45, 7) is 5.74. The zero-order chi connectivity index (χ0) is 15.2. The van der Waals surface area contributed by atoms with E-state index in [1.165, 1.54) is 0 Å². The molecule has 5 nitrogen and oxygen atoms in total. The van der Waals surface area contributed by atoms with E-state index in [1.54, 1.807) is 6.20 Å². The Morgan fingerprint density at radius 2 is 2.14 bits per heavy atom. The third-order valence-corrected chi connectivity index (χ3v) is 2.71. The molecule has 110 valence electrons. The van der Waals surface area contributed by atoms with Crippen LogP contribution in [0.4, 0.5) is 0 Å². The predicted molar refractivity (Wildman–Crippen MR) is 81.0 cm³/mol. The Hall–Kier alpha value is -2.43. The molecular weight excluding hydrogens is 266 g/mol. The number of rotatable bonds is 5. The number of benzene rings is 1. The summed E-state index contributed by atoms with van der Waals surface area (Å²) in [4.78, 5) is 20.2. The van der Waals surface area contributed by atoms with Gasteiger partial charge in [-0.15, -0.1) is 0 Å². The Morgan fingerprint density at radius 1 is 1.33 bits per heavy atom. The van der Waals surface area contributed by atoms with Crippen molar-refractivity contribution in [2.24, 2.45) is 0 Å². The molecule has 1 N–H and O–H groups in total. The molecule has 0 saturated carbocycles. The van der Waals surface area contributed by atoms with Crippen molar-refractivity contribution in [3.63, 3.8) is 0 Å². The van der Waals surface area contributed by atoms with Gasteiger partial charge in [0, 0.05) is 23.5 Å². The number of nitrogens with zero attached hydrogens (tertiary/aromatic N) is 2. The van der Waals surface area contributed by atoms with Gasteiger partial charge in [0.05, 0.1) is 0 Å². The fourth-order valence-corrected chi connectivity index (χ4v) is 1.83. The minimum absolute atomic E-state index is 0.00366. The highest BCUT2D eigenvalue weighted by Crippen LogP contribution is 2.20. The summed E-state index contributed by atoms with van der Waals surface area (Å²) in [5.41, 5.74) is 1.77. The van der Waals surface area contributed by atoms with E-state index in [0.29, 0.717) is 11.6 Å². The fraction of sp³-hybridized carbons (Fsp3) is 0.312. The quantitative estimate of drug-likeness (QED) is 0.916. The van der Waals surface area contributed by atoms with Crippen molar-refractivity contribution in [2.75, 3.05) is 6.61 Å². The molecule has 0 unspecified atom stereocenters. The molecule has 0 aliphatic rings. The summed E-state index contributed by atoms with van der Waals surface area (Å²) >= 11 is 0. The Morgan fingerprint density at radius 3 is 2.86 bits per heavy atom. The molecule has 0 spiro atoms. The zero-order valence-corrected chi connectivity index (χ0v) is 12.5. The van der Waals surface area contributed by atoms with Crippen molar-refractivity contribution in [3.8, 4) is 17.1 Å². The molecule has 0 bridgehead atoms. The van der Waals surface area contributed by atoms with E-state index in [9.17, 15) is 4.79 Å². The van der Waals surface area contributed by atoms with E-state index in [1.807, 2.05) is 51.1 Å². The van der Waals surface area contributed by atoms with Crippen molar-refractivity contribution < 1.29 is 9.53 Å². The van der Waals surface area contributed by atoms with Crippen LogP contribution in [0.5, 0.6) is 5.75 Å². The second-order valence-corrected chi connectivity index (χ2v) is 5.06. The molecule has 0 aliphatic carbocycles. The van der Waals surface area contributed by atoms with E-state index in [2.05, 4.69) is 15.3 Å². The maximum absolute atomic E-state index is 11.6. The van der Waals surface area contributed by atoms with Crippen LogP contribution >= 0.6 is 0 Å². The first kappa shape index (κ1) is 15.0. The number of ether oxygens (including phenoxy) is 1. The van der Waals surface area contributed by atoms with Gasteiger partial charge in [-0.1, -0.05) is 12.1 Å². The van der Waals surface area contributed by atoms with Gasteiger partial charge in [0.15, 0.2) is 12.4 Å². The Balaban J connectivity index is 2.06. The summed E-state index contributed by atoms with van der Waals surface area (Å²) in [5, 5.41) is 2.78. The third-order valence-electron chi connectivity index (χ3n) is 2.71. The van der Waals surface area contributed by atoms with Crippen LogP contribution in [-0.4, -0.2) is 28.5 Å². The number of nitrogens with one attached hydrogen (secondary N) is 1. The van der Waals surface area contributed by atoms with Crippen LogP contribution in [0.15, 0.2) is 36.5 Å². The Bertz CT molecular complexity index is 626. The lowest BCUT2D eigenvalue weighted by molar-refractivity contribution is -0.123. The first-order valence-electron chi connectivity index (χ1n) is 6.87. The van der Waals surface area contributed by atoms with Gasteiger partial charge in [0.2, 0.25) is 0 Å². The first-order chi connectivity index (χ1) is 10.0. The van der Waals surface area contributed by atoms with E-state index in [0.717, 1.165) is 11.3 Å². The van der Waals surface area contributed by atoms with Gasteiger partial charge in [-0.05, 0) is 39.0 Å². The topological polar surface area (TPSA) is 64.1 Å². The molecule has 2 rings (SSSR count). The number of hydrogen-bond acceptors (Lipinski definition) is 4. The fourth-order valence-electron chi connectivity index (χ4n) is 1.83.